The summed E-state index contributed by atoms with van der Waals surface area (Å²) >= 11 is 0. The van der Waals surface area contributed by atoms with E-state index >= 15 is 0 Å². The molecular weight excluding hydrogens is 312 g/mol. The average Bonchev–Trinajstić information content (AvgIpc) is 2.64. The van der Waals surface area contributed by atoms with Crippen LogP contribution in [0.1, 0.15) is 6.42 Å². The Kier molecular flexibility index (Phi) is 7.64. The van der Waals surface area contributed by atoms with E-state index in [1.54, 1.807) is 32.4 Å². The van der Waals surface area contributed by atoms with Crippen molar-refractivity contribution in [3.05, 3.63) is 18.2 Å². The molecular formula is C17H26N2O5. The highest BCUT2D eigenvalue weighted by Crippen LogP contribution is 2.27. The third-order valence-electron chi connectivity index (χ3n) is 3.77. The summed E-state index contributed by atoms with van der Waals surface area (Å²) in [6.07, 6.45) is 0.915. The lowest BCUT2D eigenvalue weighted by Gasteiger charge is -2.26. The molecule has 0 aliphatic carbocycles. The first-order chi connectivity index (χ1) is 11.7. The molecule has 1 aromatic rings. The number of benzene rings is 1. The molecule has 1 amide bonds. The van der Waals surface area contributed by atoms with Gasteiger partial charge in [-0.3, -0.25) is 9.69 Å². The number of hydrogen-bond acceptors (Lipinski definition) is 6. The SMILES string of the molecule is COc1cc(OC)cc(OCC(=O)NCCCN2CCOCC2)c1. The highest BCUT2D eigenvalue weighted by atomic mass is 16.5. The van der Waals surface area contributed by atoms with Crippen LogP contribution >= 0.6 is 0 Å². The van der Waals surface area contributed by atoms with Crippen LogP contribution in [0.4, 0.5) is 0 Å². The maximum atomic E-state index is 11.8. The van der Waals surface area contributed by atoms with Gasteiger partial charge in [-0.25, -0.2) is 0 Å². The molecule has 1 heterocycles. The fourth-order valence-corrected chi connectivity index (χ4v) is 2.42. The van der Waals surface area contributed by atoms with E-state index < -0.39 is 0 Å². The van der Waals surface area contributed by atoms with Crippen LogP contribution in [0.2, 0.25) is 0 Å². The van der Waals surface area contributed by atoms with Gasteiger partial charge in [-0.15, -0.1) is 0 Å². The minimum absolute atomic E-state index is 0.0339. The van der Waals surface area contributed by atoms with E-state index in [1.807, 2.05) is 0 Å². The van der Waals surface area contributed by atoms with Crippen molar-refractivity contribution in [1.29, 1.82) is 0 Å². The molecule has 0 unspecified atom stereocenters. The topological polar surface area (TPSA) is 69.3 Å². The van der Waals surface area contributed by atoms with Gasteiger partial charge in [0.15, 0.2) is 6.61 Å². The first kappa shape index (κ1) is 18.4. The molecule has 0 bridgehead atoms. The number of nitrogens with one attached hydrogen (secondary N) is 1. The lowest BCUT2D eigenvalue weighted by Crippen LogP contribution is -2.38. The predicted octanol–water partition coefficient (Wildman–Crippen LogP) is 0.921. The molecule has 1 fully saturated rings. The van der Waals surface area contributed by atoms with E-state index in [0.717, 1.165) is 39.3 Å². The second-order valence-electron chi connectivity index (χ2n) is 5.49. The zero-order valence-corrected chi connectivity index (χ0v) is 14.4. The van der Waals surface area contributed by atoms with Crippen molar-refractivity contribution in [2.75, 3.05) is 60.2 Å². The van der Waals surface area contributed by atoms with E-state index in [9.17, 15) is 4.79 Å². The molecule has 24 heavy (non-hydrogen) atoms. The maximum absolute atomic E-state index is 11.8. The van der Waals surface area contributed by atoms with Crippen LogP contribution in [0, 0.1) is 0 Å². The molecule has 134 valence electrons. The number of ether oxygens (including phenoxy) is 4. The van der Waals surface area contributed by atoms with Crippen LogP contribution < -0.4 is 19.5 Å². The third-order valence-corrected chi connectivity index (χ3v) is 3.77. The Morgan fingerprint density at radius 1 is 1.12 bits per heavy atom. The number of methoxy groups -OCH3 is 2. The smallest absolute Gasteiger partial charge is 0.257 e. The Morgan fingerprint density at radius 2 is 1.75 bits per heavy atom. The summed E-state index contributed by atoms with van der Waals surface area (Å²) in [6, 6.07) is 5.18. The fraction of sp³-hybridized carbons (Fsp3) is 0.588. The van der Waals surface area contributed by atoms with Crippen molar-refractivity contribution in [2.45, 2.75) is 6.42 Å². The summed E-state index contributed by atoms with van der Waals surface area (Å²) in [7, 11) is 3.14. The Hall–Kier alpha value is -1.99. The van der Waals surface area contributed by atoms with Crippen LogP contribution in [0.25, 0.3) is 0 Å². The molecule has 1 aliphatic rings. The molecule has 1 saturated heterocycles. The molecule has 0 saturated carbocycles. The average molecular weight is 338 g/mol. The predicted molar refractivity (Wildman–Crippen MR) is 89.9 cm³/mol. The minimum Gasteiger partial charge on any atom is -0.496 e. The Morgan fingerprint density at radius 3 is 2.38 bits per heavy atom. The Balaban J connectivity index is 1.65. The van der Waals surface area contributed by atoms with E-state index in [-0.39, 0.29) is 12.5 Å². The molecule has 1 aliphatic heterocycles. The van der Waals surface area contributed by atoms with Gasteiger partial charge >= 0.3 is 0 Å². The Bertz CT molecular complexity index is 495. The van der Waals surface area contributed by atoms with Gasteiger partial charge in [0, 0.05) is 37.8 Å². The molecule has 1 N–H and O–H groups in total. The van der Waals surface area contributed by atoms with Crippen LogP contribution in [-0.2, 0) is 9.53 Å². The lowest BCUT2D eigenvalue weighted by molar-refractivity contribution is -0.123. The molecule has 1 aromatic carbocycles. The summed E-state index contributed by atoms with van der Waals surface area (Å²) in [5.41, 5.74) is 0. The first-order valence-corrected chi connectivity index (χ1v) is 8.14. The number of rotatable bonds is 9. The summed E-state index contributed by atoms with van der Waals surface area (Å²) in [5.74, 6) is 1.64. The maximum Gasteiger partial charge on any atom is 0.257 e. The van der Waals surface area contributed by atoms with Gasteiger partial charge in [0.25, 0.3) is 5.91 Å². The van der Waals surface area contributed by atoms with Gasteiger partial charge in [-0.05, 0) is 13.0 Å². The van der Waals surface area contributed by atoms with Crippen LogP contribution in [0.5, 0.6) is 17.2 Å². The van der Waals surface area contributed by atoms with Gasteiger partial charge in [-0.2, -0.15) is 0 Å². The molecule has 0 radical (unpaired) electrons. The molecule has 0 spiro atoms. The molecule has 7 heteroatoms. The third kappa shape index (κ3) is 6.25. The number of hydrogen-bond donors (Lipinski definition) is 1. The van der Waals surface area contributed by atoms with Crippen LogP contribution in [0.15, 0.2) is 18.2 Å². The summed E-state index contributed by atoms with van der Waals surface area (Å²) in [5, 5.41) is 2.87. The van der Waals surface area contributed by atoms with E-state index in [2.05, 4.69) is 10.2 Å². The van der Waals surface area contributed by atoms with Gasteiger partial charge in [0.2, 0.25) is 0 Å². The highest BCUT2D eigenvalue weighted by Gasteiger charge is 2.10. The lowest BCUT2D eigenvalue weighted by atomic mass is 10.3. The second-order valence-corrected chi connectivity index (χ2v) is 5.49. The normalized spacial score (nSPS) is 14.9. The van der Waals surface area contributed by atoms with E-state index in [4.69, 9.17) is 18.9 Å². The number of morpholine rings is 1. The van der Waals surface area contributed by atoms with Crippen molar-refractivity contribution in [3.63, 3.8) is 0 Å². The second kappa shape index (κ2) is 10.00. The van der Waals surface area contributed by atoms with Gasteiger partial charge in [0.1, 0.15) is 17.2 Å². The van der Waals surface area contributed by atoms with Crippen LogP contribution in [-0.4, -0.2) is 71.0 Å². The number of amides is 1. The molecule has 0 aromatic heterocycles. The van der Waals surface area contributed by atoms with Crippen molar-refractivity contribution in [2.24, 2.45) is 0 Å². The molecule has 2 rings (SSSR count). The number of carbonyl (C=O) groups excluding carboxylic acids is 1. The standard InChI is InChI=1S/C17H26N2O5/c1-21-14-10-15(22-2)12-16(11-14)24-13-17(20)18-4-3-5-19-6-8-23-9-7-19/h10-12H,3-9,13H2,1-2H3,(H,18,20). The van der Waals surface area contributed by atoms with Crippen molar-refractivity contribution < 1.29 is 23.7 Å². The highest BCUT2D eigenvalue weighted by molar-refractivity contribution is 5.77. The van der Waals surface area contributed by atoms with Crippen LogP contribution in [0.3, 0.4) is 0 Å². The fourth-order valence-electron chi connectivity index (χ4n) is 2.42. The summed E-state index contributed by atoms with van der Waals surface area (Å²) in [6.45, 7) is 5.10. The number of nitrogens with zero attached hydrogens (tertiary/aromatic N) is 1. The quantitative estimate of drug-likeness (QED) is 0.676. The Labute approximate surface area is 142 Å². The minimum atomic E-state index is -0.140. The van der Waals surface area contributed by atoms with E-state index in [1.165, 1.54) is 0 Å². The first-order valence-electron chi connectivity index (χ1n) is 8.14. The molecule has 7 nitrogen and oxygen atoms in total. The van der Waals surface area contributed by atoms with Gasteiger partial charge < -0.3 is 24.3 Å². The monoisotopic (exact) mass is 338 g/mol. The summed E-state index contributed by atoms with van der Waals surface area (Å²) in [4.78, 5) is 14.2. The van der Waals surface area contributed by atoms with Crippen molar-refractivity contribution in [3.8, 4) is 17.2 Å². The molecule has 0 atom stereocenters. The summed E-state index contributed by atoms with van der Waals surface area (Å²) < 4.78 is 21.1. The van der Waals surface area contributed by atoms with Crippen molar-refractivity contribution >= 4 is 5.91 Å². The van der Waals surface area contributed by atoms with Gasteiger partial charge in [-0.1, -0.05) is 0 Å². The number of carbonyl (C=O) groups is 1. The largest absolute Gasteiger partial charge is 0.496 e. The zero-order chi connectivity index (χ0) is 17.2. The van der Waals surface area contributed by atoms with Gasteiger partial charge in [0.05, 0.1) is 27.4 Å². The van der Waals surface area contributed by atoms with E-state index in [0.29, 0.717) is 23.8 Å². The van der Waals surface area contributed by atoms with Crippen molar-refractivity contribution in [1.82, 2.24) is 10.2 Å². The zero-order valence-electron chi connectivity index (χ0n) is 14.4.